The Morgan fingerprint density at radius 3 is 2.42 bits per heavy atom. The van der Waals surface area contributed by atoms with Crippen molar-refractivity contribution in [1.82, 2.24) is 9.88 Å². The minimum Gasteiger partial charge on any atom is -0.309 e. The maximum atomic E-state index is 5.93. The van der Waals surface area contributed by atoms with Crippen LogP contribution in [0.5, 0.6) is 0 Å². The Morgan fingerprint density at radius 1 is 1.11 bits per heavy atom. The van der Waals surface area contributed by atoms with Crippen LogP contribution in [0.2, 0.25) is 5.02 Å². The highest BCUT2D eigenvalue weighted by molar-refractivity contribution is 6.30. The second kappa shape index (κ2) is 6.69. The van der Waals surface area contributed by atoms with Crippen LogP contribution in [0.3, 0.4) is 0 Å². The SMILES string of the molecule is CN(C)CC(Cc1ccc(Cl)cc1)c1ccccn1. The zero-order valence-corrected chi connectivity index (χ0v) is 12.1. The van der Waals surface area contributed by atoms with Gasteiger partial charge in [-0.25, -0.2) is 0 Å². The average molecular weight is 275 g/mol. The van der Waals surface area contributed by atoms with Crippen molar-refractivity contribution in [2.75, 3.05) is 20.6 Å². The largest absolute Gasteiger partial charge is 0.309 e. The molecule has 1 heterocycles. The number of likely N-dealkylation sites (N-methyl/N-ethyl adjacent to an activating group) is 1. The fourth-order valence-corrected chi connectivity index (χ4v) is 2.35. The summed E-state index contributed by atoms with van der Waals surface area (Å²) in [6.07, 6.45) is 2.84. The minimum absolute atomic E-state index is 0.400. The van der Waals surface area contributed by atoms with Crippen LogP contribution in [0.25, 0.3) is 0 Å². The number of pyridine rings is 1. The molecule has 0 saturated carbocycles. The predicted molar refractivity (Wildman–Crippen MR) is 80.7 cm³/mol. The monoisotopic (exact) mass is 274 g/mol. The number of rotatable bonds is 5. The van der Waals surface area contributed by atoms with Gasteiger partial charge in [0.25, 0.3) is 0 Å². The number of hydrogen-bond acceptors (Lipinski definition) is 2. The molecule has 1 aromatic carbocycles. The van der Waals surface area contributed by atoms with E-state index in [9.17, 15) is 0 Å². The van der Waals surface area contributed by atoms with Crippen molar-refractivity contribution in [3.05, 3.63) is 64.9 Å². The average Bonchev–Trinajstić information content (AvgIpc) is 2.41. The lowest BCUT2D eigenvalue weighted by atomic mass is 9.95. The molecular weight excluding hydrogens is 256 g/mol. The lowest BCUT2D eigenvalue weighted by molar-refractivity contribution is 0.368. The van der Waals surface area contributed by atoms with Crippen LogP contribution in [-0.4, -0.2) is 30.5 Å². The second-order valence-electron chi connectivity index (χ2n) is 5.04. The van der Waals surface area contributed by atoms with Gasteiger partial charge >= 0.3 is 0 Å². The van der Waals surface area contributed by atoms with Gasteiger partial charge in [-0.2, -0.15) is 0 Å². The Hall–Kier alpha value is -1.38. The number of nitrogens with zero attached hydrogens (tertiary/aromatic N) is 2. The summed E-state index contributed by atoms with van der Waals surface area (Å²) in [5.74, 6) is 0.400. The molecule has 3 heteroatoms. The first-order valence-corrected chi connectivity index (χ1v) is 6.83. The van der Waals surface area contributed by atoms with Gasteiger partial charge in [-0.15, -0.1) is 0 Å². The van der Waals surface area contributed by atoms with E-state index in [0.717, 1.165) is 23.7 Å². The molecule has 2 rings (SSSR count). The molecule has 0 amide bonds. The maximum Gasteiger partial charge on any atom is 0.0450 e. The van der Waals surface area contributed by atoms with Gasteiger partial charge in [0.1, 0.15) is 0 Å². The summed E-state index contributed by atoms with van der Waals surface area (Å²) >= 11 is 5.93. The Labute approximate surface area is 120 Å². The predicted octanol–water partition coefficient (Wildman–Crippen LogP) is 3.62. The number of aromatic nitrogens is 1. The summed E-state index contributed by atoms with van der Waals surface area (Å²) in [5, 5.41) is 0.783. The first-order valence-electron chi connectivity index (χ1n) is 6.45. The van der Waals surface area contributed by atoms with E-state index in [1.54, 1.807) is 0 Å². The smallest absolute Gasteiger partial charge is 0.0450 e. The van der Waals surface area contributed by atoms with Crippen LogP contribution in [0.1, 0.15) is 17.2 Å². The van der Waals surface area contributed by atoms with Crippen molar-refractivity contribution in [1.29, 1.82) is 0 Å². The Bertz CT molecular complexity index is 494. The van der Waals surface area contributed by atoms with Gasteiger partial charge in [0, 0.05) is 29.4 Å². The highest BCUT2D eigenvalue weighted by Crippen LogP contribution is 2.21. The third-order valence-electron chi connectivity index (χ3n) is 3.09. The first-order chi connectivity index (χ1) is 9.15. The van der Waals surface area contributed by atoms with Crippen molar-refractivity contribution in [2.24, 2.45) is 0 Å². The summed E-state index contributed by atoms with van der Waals surface area (Å²) in [4.78, 5) is 6.70. The van der Waals surface area contributed by atoms with E-state index in [0.29, 0.717) is 5.92 Å². The molecule has 0 radical (unpaired) electrons. The van der Waals surface area contributed by atoms with E-state index in [1.165, 1.54) is 5.56 Å². The van der Waals surface area contributed by atoms with E-state index >= 15 is 0 Å². The Balaban J connectivity index is 2.16. The second-order valence-corrected chi connectivity index (χ2v) is 5.48. The van der Waals surface area contributed by atoms with Gasteiger partial charge < -0.3 is 4.90 Å². The molecule has 1 aromatic heterocycles. The van der Waals surface area contributed by atoms with E-state index in [2.05, 4.69) is 42.2 Å². The molecule has 0 spiro atoms. The molecule has 0 bridgehead atoms. The van der Waals surface area contributed by atoms with Crippen LogP contribution in [0.4, 0.5) is 0 Å². The summed E-state index contributed by atoms with van der Waals surface area (Å²) in [7, 11) is 4.19. The number of halogens is 1. The lowest BCUT2D eigenvalue weighted by Crippen LogP contribution is -2.22. The number of hydrogen-bond donors (Lipinski definition) is 0. The van der Waals surface area contributed by atoms with Crippen molar-refractivity contribution in [2.45, 2.75) is 12.3 Å². The maximum absolute atomic E-state index is 5.93. The molecule has 19 heavy (non-hydrogen) atoms. The van der Waals surface area contributed by atoms with Crippen LogP contribution < -0.4 is 0 Å². The van der Waals surface area contributed by atoms with Crippen molar-refractivity contribution < 1.29 is 0 Å². The van der Waals surface area contributed by atoms with E-state index in [4.69, 9.17) is 11.6 Å². The van der Waals surface area contributed by atoms with Gasteiger partial charge in [0.05, 0.1) is 0 Å². The van der Waals surface area contributed by atoms with Crippen LogP contribution in [0, 0.1) is 0 Å². The molecule has 0 aliphatic carbocycles. The fraction of sp³-hybridized carbons (Fsp3) is 0.312. The topological polar surface area (TPSA) is 16.1 Å². The van der Waals surface area contributed by atoms with Crippen molar-refractivity contribution >= 4 is 11.6 Å². The molecule has 0 aliphatic heterocycles. The number of benzene rings is 1. The van der Waals surface area contributed by atoms with Crippen LogP contribution in [0.15, 0.2) is 48.7 Å². The molecule has 0 N–H and O–H groups in total. The van der Waals surface area contributed by atoms with Gasteiger partial charge in [-0.3, -0.25) is 4.98 Å². The van der Waals surface area contributed by atoms with Gasteiger partial charge in [-0.1, -0.05) is 29.8 Å². The van der Waals surface area contributed by atoms with Crippen LogP contribution >= 0.6 is 11.6 Å². The van der Waals surface area contributed by atoms with Gasteiger partial charge in [0.15, 0.2) is 0 Å². The van der Waals surface area contributed by atoms with E-state index in [1.807, 2.05) is 30.5 Å². The zero-order valence-electron chi connectivity index (χ0n) is 11.4. The van der Waals surface area contributed by atoms with Crippen LogP contribution in [-0.2, 0) is 6.42 Å². The molecule has 1 unspecified atom stereocenters. The lowest BCUT2D eigenvalue weighted by Gasteiger charge is -2.20. The van der Waals surface area contributed by atoms with Crippen molar-refractivity contribution in [3.8, 4) is 0 Å². The Kier molecular flexibility index (Phi) is 4.94. The summed E-state index contributed by atoms with van der Waals surface area (Å²) < 4.78 is 0. The highest BCUT2D eigenvalue weighted by atomic mass is 35.5. The normalized spacial score (nSPS) is 12.6. The summed E-state index contributed by atoms with van der Waals surface area (Å²) in [5.41, 5.74) is 2.44. The van der Waals surface area contributed by atoms with Crippen molar-refractivity contribution in [3.63, 3.8) is 0 Å². The molecule has 2 aromatic rings. The minimum atomic E-state index is 0.400. The molecule has 0 fully saturated rings. The zero-order chi connectivity index (χ0) is 13.7. The third kappa shape index (κ3) is 4.34. The Morgan fingerprint density at radius 2 is 1.84 bits per heavy atom. The third-order valence-corrected chi connectivity index (χ3v) is 3.34. The van der Waals surface area contributed by atoms with Gasteiger partial charge in [0.2, 0.25) is 0 Å². The summed E-state index contributed by atoms with van der Waals surface area (Å²) in [6, 6.07) is 14.2. The fourth-order valence-electron chi connectivity index (χ4n) is 2.23. The standard InChI is InChI=1S/C16H19ClN2/c1-19(2)12-14(16-5-3-4-10-18-16)11-13-6-8-15(17)9-7-13/h3-10,14H,11-12H2,1-2H3. The molecule has 0 saturated heterocycles. The van der Waals surface area contributed by atoms with E-state index < -0.39 is 0 Å². The molecule has 2 nitrogen and oxygen atoms in total. The van der Waals surface area contributed by atoms with E-state index in [-0.39, 0.29) is 0 Å². The molecule has 1 atom stereocenters. The molecular formula is C16H19ClN2. The molecule has 100 valence electrons. The summed E-state index contributed by atoms with van der Waals surface area (Å²) in [6.45, 7) is 0.986. The highest BCUT2D eigenvalue weighted by Gasteiger charge is 2.14. The van der Waals surface area contributed by atoms with Gasteiger partial charge in [-0.05, 0) is 50.3 Å². The first kappa shape index (κ1) is 14.0. The quantitative estimate of drug-likeness (QED) is 0.828. The molecule has 0 aliphatic rings.